The van der Waals surface area contributed by atoms with E-state index in [4.69, 9.17) is 0 Å². The summed E-state index contributed by atoms with van der Waals surface area (Å²) in [5, 5.41) is 3.31. The predicted molar refractivity (Wildman–Crippen MR) is 65.1 cm³/mol. The lowest BCUT2D eigenvalue weighted by atomic mass is 9.86. The van der Waals surface area contributed by atoms with Crippen molar-refractivity contribution < 1.29 is 4.79 Å². The molecule has 1 amide bonds. The van der Waals surface area contributed by atoms with Crippen LogP contribution in [0.5, 0.6) is 0 Å². The van der Waals surface area contributed by atoms with Gasteiger partial charge in [0.2, 0.25) is 5.91 Å². The fraction of sp³-hybridized carbons (Fsp3) is 0.923. The minimum Gasteiger partial charge on any atom is -0.338 e. The number of nitrogens with zero attached hydrogens (tertiary/aromatic N) is 1. The highest BCUT2D eigenvalue weighted by atomic mass is 16.2. The highest BCUT2D eigenvalue weighted by molar-refractivity contribution is 5.78. The SMILES string of the molecule is CC1CC(C)C(C)N(C(=O)CNC2CC2)C1. The first-order valence-corrected chi connectivity index (χ1v) is 6.60. The zero-order chi connectivity index (χ0) is 11.7. The lowest BCUT2D eigenvalue weighted by molar-refractivity contribution is -0.136. The van der Waals surface area contributed by atoms with Gasteiger partial charge in [-0.2, -0.15) is 0 Å². The minimum atomic E-state index is 0.290. The maximum Gasteiger partial charge on any atom is 0.236 e. The molecule has 3 atom stereocenters. The average Bonchev–Trinajstić information content (AvgIpc) is 3.03. The molecule has 1 aliphatic heterocycles. The van der Waals surface area contributed by atoms with Crippen LogP contribution >= 0.6 is 0 Å². The number of amides is 1. The second-order valence-electron chi connectivity index (χ2n) is 5.76. The molecule has 3 unspecified atom stereocenters. The van der Waals surface area contributed by atoms with Crippen LogP contribution in [0.25, 0.3) is 0 Å². The van der Waals surface area contributed by atoms with E-state index in [0.717, 1.165) is 6.54 Å². The van der Waals surface area contributed by atoms with Gasteiger partial charge in [0.05, 0.1) is 6.54 Å². The molecule has 3 nitrogen and oxygen atoms in total. The molecule has 1 saturated carbocycles. The van der Waals surface area contributed by atoms with Gasteiger partial charge in [-0.3, -0.25) is 4.79 Å². The van der Waals surface area contributed by atoms with E-state index in [1.54, 1.807) is 0 Å². The first-order chi connectivity index (χ1) is 7.58. The first kappa shape index (κ1) is 11.9. The van der Waals surface area contributed by atoms with Gasteiger partial charge in [0, 0.05) is 18.6 Å². The fourth-order valence-electron chi connectivity index (χ4n) is 2.66. The maximum atomic E-state index is 12.1. The smallest absolute Gasteiger partial charge is 0.236 e. The first-order valence-electron chi connectivity index (χ1n) is 6.60. The molecule has 0 aromatic carbocycles. The Hall–Kier alpha value is -0.570. The van der Waals surface area contributed by atoms with Crippen molar-refractivity contribution in [3.63, 3.8) is 0 Å². The number of nitrogens with one attached hydrogen (secondary N) is 1. The van der Waals surface area contributed by atoms with Crippen LogP contribution in [0, 0.1) is 11.8 Å². The molecule has 0 bridgehead atoms. The summed E-state index contributed by atoms with van der Waals surface area (Å²) < 4.78 is 0. The van der Waals surface area contributed by atoms with Gasteiger partial charge in [0.15, 0.2) is 0 Å². The summed E-state index contributed by atoms with van der Waals surface area (Å²) in [6, 6.07) is 1.03. The topological polar surface area (TPSA) is 32.3 Å². The molecule has 2 aliphatic rings. The van der Waals surface area contributed by atoms with Crippen LogP contribution in [-0.2, 0) is 4.79 Å². The molecule has 0 aromatic heterocycles. The highest BCUT2D eigenvalue weighted by Crippen LogP contribution is 2.27. The summed E-state index contributed by atoms with van der Waals surface area (Å²) in [6.45, 7) is 8.17. The molecule has 2 fully saturated rings. The summed E-state index contributed by atoms with van der Waals surface area (Å²) in [7, 11) is 0. The minimum absolute atomic E-state index is 0.290. The van der Waals surface area contributed by atoms with Crippen molar-refractivity contribution in [2.45, 2.75) is 52.1 Å². The van der Waals surface area contributed by atoms with Crippen molar-refractivity contribution in [3.05, 3.63) is 0 Å². The Labute approximate surface area is 98.6 Å². The molecule has 0 radical (unpaired) electrons. The number of carbonyl (C=O) groups excluding carboxylic acids is 1. The Morgan fingerprint density at radius 2 is 2.00 bits per heavy atom. The Kier molecular flexibility index (Phi) is 3.53. The third-order valence-corrected chi connectivity index (χ3v) is 4.04. The van der Waals surface area contributed by atoms with Crippen molar-refractivity contribution in [1.82, 2.24) is 10.2 Å². The standard InChI is InChI=1S/C13H24N2O/c1-9-6-10(2)11(3)15(8-9)13(16)7-14-12-4-5-12/h9-12,14H,4-8H2,1-3H3. The second-order valence-corrected chi connectivity index (χ2v) is 5.76. The van der Waals surface area contributed by atoms with Gasteiger partial charge < -0.3 is 10.2 Å². The van der Waals surface area contributed by atoms with Gasteiger partial charge in [0.25, 0.3) is 0 Å². The van der Waals surface area contributed by atoms with E-state index in [9.17, 15) is 4.79 Å². The number of carbonyl (C=O) groups is 1. The molecule has 1 saturated heterocycles. The van der Waals surface area contributed by atoms with Gasteiger partial charge in [-0.15, -0.1) is 0 Å². The van der Waals surface area contributed by atoms with Crippen molar-refractivity contribution in [3.8, 4) is 0 Å². The number of piperidine rings is 1. The van der Waals surface area contributed by atoms with E-state index in [2.05, 4.69) is 31.0 Å². The lowest BCUT2D eigenvalue weighted by Gasteiger charge is -2.41. The summed E-state index contributed by atoms with van der Waals surface area (Å²) in [4.78, 5) is 14.2. The molecule has 3 heteroatoms. The Bertz CT molecular complexity index is 263. The van der Waals surface area contributed by atoms with Crippen LogP contribution in [0.3, 0.4) is 0 Å². The van der Waals surface area contributed by atoms with Crippen LogP contribution < -0.4 is 5.32 Å². The van der Waals surface area contributed by atoms with Crippen LogP contribution in [0.15, 0.2) is 0 Å². The molecule has 16 heavy (non-hydrogen) atoms. The summed E-state index contributed by atoms with van der Waals surface area (Å²) in [5.74, 6) is 1.57. The fourth-order valence-corrected chi connectivity index (χ4v) is 2.66. The predicted octanol–water partition coefficient (Wildman–Crippen LogP) is 1.63. The number of hydrogen-bond donors (Lipinski definition) is 1. The van der Waals surface area contributed by atoms with Crippen LogP contribution in [0.1, 0.15) is 40.0 Å². The van der Waals surface area contributed by atoms with E-state index in [-0.39, 0.29) is 5.91 Å². The monoisotopic (exact) mass is 224 g/mol. The molecule has 1 aliphatic carbocycles. The zero-order valence-corrected chi connectivity index (χ0v) is 10.7. The zero-order valence-electron chi connectivity index (χ0n) is 10.7. The molecule has 0 spiro atoms. The summed E-state index contributed by atoms with van der Waals surface area (Å²) in [6.07, 6.45) is 3.74. The third-order valence-electron chi connectivity index (χ3n) is 4.04. The van der Waals surface area contributed by atoms with E-state index < -0.39 is 0 Å². The van der Waals surface area contributed by atoms with Crippen molar-refractivity contribution in [1.29, 1.82) is 0 Å². The normalized spacial score (nSPS) is 35.2. The van der Waals surface area contributed by atoms with Crippen LogP contribution in [0.4, 0.5) is 0 Å². The largest absolute Gasteiger partial charge is 0.338 e. The number of rotatable bonds is 3. The number of likely N-dealkylation sites (tertiary alicyclic amines) is 1. The molecular formula is C13H24N2O. The maximum absolute atomic E-state index is 12.1. The van der Waals surface area contributed by atoms with E-state index in [1.807, 2.05) is 0 Å². The quantitative estimate of drug-likeness (QED) is 0.790. The van der Waals surface area contributed by atoms with Gasteiger partial charge in [-0.1, -0.05) is 13.8 Å². The second kappa shape index (κ2) is 4.74. The van der Waals surface area contributed by atoms with E-state index in [0.29, 0.717) is 30.5 Å². The van der Waals surface area contributed by atoms with E-state index >= 15 is 0 Å². The molecule has 0 aromatic rings. The van der Waals surface area contributed by atoms with E-state index in [1.165, 1.54) is 19.3 Å². The van der Waals surface area contributed by atoms with Crippen molar-refractivity contribution >= 4 is 5.91 Å². The van der Waals surface area contributed by atoms with Gasteiger partial charge in [0.1, 0.15) is 0 Å². The molecule has 2 rings (SSSR count). The molecule has 1 heterocycles. The van der Waals surface area contributed by atoms with Crippen molar-refractivity contribution in [2.75, 3.05) is 13.1 Å². The highest BCUT2D eigenvalue weighted by Gasteiger charge is 2.32. The number of hydrogen-bond acceptors (Lipinski definition) is 2. The van der Waals surface area contributed by atoms with Gasteiger partial charge in [-0.05, 0) is 38.0 Å². The summed E-state index contributed by atoms with van der Waals surface area (Å²) in [5.41, 5.74) is 0. The Morgan fingerprint density at radius 1 is 1.31 bits per heavy atom. The van der Waals surface area contributed by atoms with Crippen molar-refractivity contribution in [2.24, 2.45) is 11.8 Å². The lowest BCUT2D eigenvalue weighted by Crippen LogP contribution is -2.51. The van der Waals surface area contributed by atoms with Gasteiger partial charge in [-0.25, -0.2) is 0 Å². The Morgan fingerprint density at radius 3 is 2.62 bits per heavy atom. The summed E-state index contributed by atoms with van der Waals surface area (Å²) >= 11 is 0. The average molecular weight is 224 g/mol. The van der Waals surface area contributed by atoms with Gasteiger partial charge >= 0.3 is 0 Å². The molecular weight excluding hydrogens is 200 g/mol. The molecule has 92 valence electrons. The molecule has 1 N–H and O–H groups in total. The van der Waals surface area contributed by atoms with Crippen LogP contribution in [0.2, 0.25) is 0 Å². The van der Waals surface area contributed by atoms with Crippen LogP contribution in [-0.4, -0.2) is 36.0 Å². The third kappa shape index (κ3) is 2.76. The Balaban J connectivity index is 1.86.